The summed E-state index contributed by atoms with van der Waals surface area (Å²) in [6.07, 6.45) is -7.41. The van der Waals surface area contributed by atoms with Crippen molar-refractivity contribution in [1.29, 1.82) is 10.8 Å². The molecule has 12 heteroatoms. The fraction of sp³-hybridized carbons (Fsp3) is 0.438. The molecular formula is C16H16F6N4O2. The number of rotatable bonds is 4. The Bertz CT molecular complexity index is 798. The highest BCUT2D eigenvalue weighted by atomic mass is 19.4. The molecule has 28 heavy (non-hydrogen) atoms. The van der Waals surface area contributed by atoms with Crippen molar-refractivity contribution >= 4 is 17.6 Å². The molecule has 0 bridgehead atoms. The molecule has 1 aromatic rings. The van der Waals surface area contributed by atoms with Crippen LogP contribution in [0.4, 0.5) is 26.3 Å². The topological polar surface area (TPSA) is 91.5 Å². The van der Waals surface area contributed by atoms with Crippen LogP contribution in [0.25, 0.3) is 0 Å². The van der Waals surface area contributed by atoms with Crippen LogP contribution in [0, 0.1) is 28.3 Å². The summed E-state index contributed by atoms with van der Waals surface area (Å²) in [6.45, 7) is -1.13. The molecule has 1 fully saturated rings. The van der Waals surface area contributed by atoms with Gasteiger partial charge in [-0.1, -0.05) is 0 Å². The van der Waals surface area contributed by atoms with E-state index in [1.807, 2.05) is 0 Å². The van der Waals surface area contributed by atoms with Crippen molar-refractivity contribution in [2.24, 2.45) is 0 Å². The van der Waals surface area contributed by atoms with E-state index in [1.165, 1.54) is 0 Å². The Kier molecular flexibility index (Phi) is 6.32. The van der Waals surface area contributed by atoms with Crippen LogP contribution in [0.2, 0.25) is 0 Å². The van der Waals surface area contributed by atoms with Gasteiger partial charge < -0.3 is 14.9 Å². The first-order valence-corrected chi connectivity index (χ1v) is 8.00. The van der Waals surface area contributed by atoms with Crippen molar-refractivity contribution in [3.63, 3.8) is 0 Å². The Balaban J connectivity index is 1.94. The number of benzene rings is 1. The highest BCUT2D eigenvalue weighted by Crippen LogP contribution is 2.21. The normalized spacial score (nSPS) is 16.3. The first kappa shape index (κ1) is 21.7. The standard InChI is InChI=1S/C16H16F6N4O2/c17-10-6-12(19)11(18)4-8(10)3-9(27)5-14(28)25-1-2-26(13(23)7-25)15(24)16(20,21)22/h4,6,9,23-24,27H,1-3,5,7H2. The van der Waals surface area contributed by atoms with Gasteiger partial charge in [-0.05, 0) is 11.6 Å². The molecule has 3 N–H and O–H groups in total. The van der Waals surface area contributed by atoms with Gasteiger partial charge in [0.25, 0.3) is 0 Å². The molecule has 0 saturated carbocycles. The van der Waals surface area contributed by atoms with Crippen molar-refractivity contribution in [3.8, 4) is 0 Å². The van der Waals surface area contributed by atoms with Gasteiger partial charge in [0.1, 0.15) is 11.7 Å². The summed E-state index contributed by atoms with van der Waals surface area (Å²) in [7, 11) is 0. The number of hydrogen-bond donors (Lipinski definition) is 3. The summed E-state index contributed by atoms with van der Waals surface area (Å²) >= 11 is 0. The predicted molar refractivity (Wildman–Crippen MR) is 85.4 cm³/mol. The average molecular weight is 410 g/mol. The number of aliphatic hydroxyl groups is 1. The van der Waals surface area contributed by atoms with Crippen LogP contribution in [0.3, 0.4) is 0 Å². The maximum Gasteiger partial charge on any atom is 0.449 e. The van der Waals surface area contributed by atoms with Gasteiger partial charge in [-0.15, -0.1) is 0 Å². The third kappa shape index (κ3) is 5.00. The maximum atomic E-state index is 13.6. The molecule has 0 aliphatic carbocycles. The van der Waals surface area contributed by atoms with Crippen molar-refractivity contribution in [2.75, 3.05) is 19.6 Å². The van der Waals surface area contributed by atoms with Gasteiger partial charge in [0.2, 0.25) is 11.7 Å². The minimum absolute atomic E-state index is 0.216. The number of nitrogens with one attached hydrogen (secondary N) is 2. The quantitative estimate of drug-likeness (QED) is 0.307. The highest BCUT2D eigenvalue weighted by Gasteiger charge is 2.41. The number of halogens is 6. The van der Waals surface area contributed by atoms with Gasteiger partial charge in [0, 0.05) is 25.6 Å². The van der Waals surface area contributed by atoms with E-state index in [2.05, 4.69) is 0 Å². The van der Waals surface area contributed by atoms with Crippen LogP contribution in [0.5, 0.6) is 0 Å². The Morgan fingerprint density at radius 2 is 1.75 bits per heavy atom. The summed E-state index contributed by atoms with van der Waals surface area (Å²) in [5.41, 5.74) is -0.338. The van der Waals surface area contributed by atoms with Gasteiger partial charge in [0.15, 0.2) is 11.6 Å². The third-order valence-electron chi connectivity index (χ3n) is 4.11. The van der Waals surface area contributed by atoms with Gasteiger partial charge in [0.05, 0.1) is 19.1 Å². The molecule has 1 aromatic carbocycles. The second-order valence-corrected chi connectivity index (χ2v) is 6.18. The van der Waals surface area contributed by atoms with Crippen LogP contribution in [0.1, 0.15) is 12.0 Å². The fourth-order valence-electron chi connectivity index (χ4n) is 2.69. The van der Waals surface area contributed by atoms with Crippen LogP contribution in [-0.4, -0.2) is 64.4 Å². The Hall–Kier alpha value is -2.63. The monoisotopic (exact) mass is 410 g/mol. The van der Waals surface area contributed by atoms with E-state index in [9.17, 15) is 36.2 Å². The Morgan fingerprint density at radius 3 is 2.32 bits per heavy atom. The smallest absolute Gasteiger partial charge is 0.392 e. The predicted octanol–water partition coefficient (Wildman–Crippen LogP) is 2.06. The van der Waals surface area contributed by atoms with E-state index >= 15 is 0 Å². The molecule has 2 rings (SSSR count). The maximum absolute atomic E-state index is 13.6. The summed E-state index contributed by atoms with van der Waals surface area (Å²) in [5.74, 6) is -6.83. The zero-order chi connectivity index (χ0) is 21.2. The number of aliphatic hydroxyl groups excluding tert-OH is 1. The average Bonchev–Trinajstić information content (AvgIpc) is 2.58. The number of nitrogens with zero attached hydrogens (tertiary/aromatic N) is 2. The van der Waals surface area contributed by atoms with E-state index in [4.69, 9.17) is 10.8 Å². The first-order valence-electron chi connectivity index (χ1n) is 8.00. The minimum Gasteiger partial charge on any atom is -0.392 e. The largest absolute Gasteiger partial charge is 0.449 e. The van der Waals surface area contributed by atoms with E-state index in [0.717, 1.165) is 4.90 Å². The molecule has 1 atom stereocenters. The SMILES string of the molecule is N=C1CN(C(=O)CC(O)Cc2cc(F)c(F)cc2F)CCN1C(=N)C(F)(F)F. The number of amides is 1. The second-order valence-electron chi connectivity index (χ2n) is 6.18. The summed E-state index contributed by atoms with van der Waals surface area (Å²) in [5, 5.41) is 24.6. The lowest BCUT2D eigenvalue weighted by Crippen LogP contribution is -2.56. The molecule has 0 aromatic heterocycles. The summed E-state index contributed by atoms with van der Waals surface area (Å²) < 4.78 is 77.4. The van der Waals surface area contributed by atoms with E-state index in [0.29, 0.717) is 17.0 Å². The molecule has 1 saturated heterocycles. The second kappa shape index (κ2) is 8.17. The van der Waals surface area contributed by atoms with Crippen LogP contribution in [-0.2, 0) is 11.2 Å². The van der Waals surface area contributed by atoms with Crippen LogP contribution >= 0.6 is 0 Å². The van der Waals surface area contributed by atoms with E-state index in [-0.39, 0.29) is 12.1 Å². The molecule has 1 heterocycles. The van der Waals surface area contributed by atoms with Gasteiger partial charge in [-0.3, -0.25) is 15.6 Å². The molecule has 1 amide bonds. The van der Waals surface area contributed by atoms with E-state index < -0.39 is 73.2 Å². The lowest BCUT2D eigenvalue weighted by atomic mass is 10.0. The van der Waals surface area contributed by atoms with Crippen LogP contribution < -0.4 is 0 Å². The van der Waals surface area contributed by atoms with Crippen LogP contribution in [0.15, 0.2) is 12.1 Å². The zero-order valence-electron chi connectivity index (χ0n) is 14.3. The molecule has 1 aliphatic heterocycles. The molecule has 154 valence electrons. The van der Waals surface area contributed by atoms with Gasteiger partial charge >= 0.3 is 6.18 Å². The fourth-order valence-corrected chi connectivity index (χ4v) is 2.69. The molecular weight excluding hydrogens is 394 g/mol. The first-order chi connectivity index (χ1) is 12.9. The molecule has 6 nitrogen and oxygen atoms in total. The molecule has 0 spiro atoms. The lowest BCUT2D eigenvalue weighted by Gasteiger charge is -2.36. The van der Waals surface area contributed by atoms with Crippen molar-refractivity contribution < 1.29 is 36.2 Å². The van der Waals surface area contributed by atoms with Gasteiger partial charge in [-0.2, -0.15) is 13.2 Å². The summed E-state index contributed by atoms with van der Waals surface area (Å²) in [6, 6.07) is 0.880. The number of piperazine rings is 1. The van der Waals surface area contributed by atoms with Crippen molar-refractivity contribution in [1.82, 2.24) is 9.80 Å². The Labute approximate surface area is 155 Å². The molecule has 1 aliphatic rings. The number of carbonyl (C=O) groups is 1. The minimum atomic E-state index is -4.93. The molecule has 0 radical (unpaired) electrons. The highest BCUT2D eigenvalue weighted by molar-refractivity contribution is 6.02. The molecule has 1 unspecified atom stereocenters. The third-order valence-corrected chi connectivity index (χ3v) is 4.11. The number of amidine groups is 2. The zero-order valence-corrected chi connectivity index (χ0v) is 14.3. The van der Waals surface area contributed by atoms with Crippen molar-refractivity contribution in [2.45, 2.75) is 25.1 Å². The van der Waals surface area contributed by atoms with Crippen molar-refractivity contribution in [3.05, 3.63) is 35.1 Å². The summed E-state index contributed by atoms with van der Waals surface area (Å²) in [4.78, 5) is 13.6. The lowest BCUT2D eigenvalue weighted by molar-refractivity contribution is -0.133. The van der Waals surface area contributed by atoms with E-state index in [1.54, 1.807) is 0 Å². The number of alkyl halides is 3. The number of hydrogen-bond acceptors (Lipinski definition) is 4. The van der Waals surface area contributed by atoms with Gasteiger partial charge in [-0.25, -0.2) is 13.2 Å². The number of carbonyl (C=O) groups excluding carboxylic acids is 1. The Morgan fingerprint density at radius 1 is 1.14 bits per heavy atom.